The van der Waals surface area contributed by atoms with Crippen molar-refractivity contribution in [1.82, 2.24) is 0 Å². The zero-order valence-electron chi connectivity index (χ0n) is 15.0. The number of hydrogen-bond donors (Lipinski definition) is 1. The number of rotatable bonds is 5. The molecule has 0 saturated carbocycles. The van der Waals surface area contributed by atoms with E-state index in [9.17, 15) is 4.79 Å². The van der Waals surface area contributed by atoms with E-state index in [0.717, 1.165) is 16.8 Å². The van der Waals surface area contributed by atoms with Gasteiger partial charge in [0.15, 0.2) is 0 Å². The Kier molecular flexibility index (Phi) is 5.50. The Balaban J connectivity index is 2.21. The second kappa shape index (κ2) is 7.39. The lowest BCUT2D eigenvalue weighted by molar-refractivity contribution is -0.115. The second-order valence-electron chi connectivity index (χ2n) is 6.70. The topological polar surface area (TPSA) is 47.6 Å². The van der Waals surface area contributed by atoms with E-state index in [2.05, 4.69) is 26.1 Å². The van der Waals surface area contributed by atoms with Crippen LogP contribution in [0.25, 0.3) is 0 Å². The fourth-order valence-corrected chi connectivity index (χ4v) is 2.63. The van der Waals surface area contributed by atoms with Crippen molar-refractivity contribution in [3.8, 4) is 11.5 Å². The highest BCUT2D eigenvalue weighted by molar-refractivity contribution is 5.93. The summed E-state index contributed by atoms with van der Waals surface area (Å²) >= 11 is 0. The predicted octanol–water partition coefficient (Wildman–Crippen LogP) is 4.18. The first-order valence-corrected chi connectivity index (χ1v) is 7.95. The Morgan fingerprint density at radius 2 is 1.75 bits per heavy atom. The highest BCUT2D eigenvalue weighted by Crippen LogP contribution is 2.30. The lowest BCUT2D eigenvalue weighted by Gasteiger charge is -2.23. The molecule has 128 valence electrons. The lowest BCUT2D eigenvalue weighted by atomic mass is 9.86. The molecular weight excluding hydrogens is 302 g/mol. The zero-order valence-corrected chi connectivity index (χ0v) is 15.0. The number of methoxy groups -OCH3 is 2. The van der Waals surface area contributed by atoms with Gasteiger partial charge in [0, 0.05) is 11.3 Å². The van der Waals surface area contributed by atoms with Crippen LogP contribution >= 0.6 is 0 Å². The molecule has 24 heavy (non-hydrogen) atoms. The van der Waals surface area contributed by atoms with Gasteiger partial charge >= 0.3 is 0 Å². The van der Waals surface area contributed by atoms with Crippen LogP contribution in [0.3, 0.4) is 0 Å². The summed E-state index contributed by atoms with van der Waals surface area (Å²) in [5.74, 6) is 1.29. The van der Waals surface area contributed by atoms with E-state index in [1.165, 1.54) is 0 Å². The molecule has 2 rings (SSSR count). The number of hydrogen-bond acceptors (Lipinski definition) is 3. The minimum Gasteiger partial charge on any atom is -0.497 e. The number of anilines is 1. The van der Waals surface area contributed by atoms with Gasteiger partial charge in [0.25, 0.3) is 0 Å². The van der Waals surface area contributed by atoms with E-state index in [1.807, 2.05) is 42.5 Å². The summed E-state index contributed by atoms with van der Waals surface area (Å²) in [5, 5.41) is 3.02. The fourth-order valence-electron chi connectivity index (χ4n) is 2.63. The number of amides is 1. The SMILES string of the molecule is COc1ccc(OC)c(CC(=O)Nc2ccccc2C(C)(C)C)c1. The third-order valence-corrected chi connectivity index (χ3v) is 3.85. The van der Waals surface area contributed by atoms with Crippen molar-refractivity contribution in [3.63, 3.8) is 0 Å². The molecular formula is C20H25NO3. The molecule has 4 heteroatoms. The average Bonchev–Trinajstić information content (AvgIpc) is 2.54. The van der Waals surface area contributed by atoms with Crippen LogP contribution in [-0.2, 0) is 16.6 Å². The molecule has 0 bridgehead atoms. The summed E-state index contributed by atoms with van der Waals surface area (Å²) in [7, 11) is 3.20. The molecule has 2 aromatic rings. The monoisotopic (exact) mass is 327 g/mol. The molecule has 1 amide bonds. The number of nitrogens with one attached hydrogen (secondary N) is 1. The third-order valence-electron chi connectivity index (χ3n) is 3.85. The highest BCUT2D eigenvalue weighted by Gasteiger charge is 2.19. The molecule has 1 N–H and O–H groups in total. The minimum absolute atomic E-state index is 0.0441. The normalized spacial score (nSPS) is 11.0. The first-order chi connectivity index (χ1) is 11.3. The van der Waals surface area contributed by atoms with Gasteiger partial charge < -0.3 is 14.8 Å². The van der Waals surface area contributed by atoms with E-state index >= 15 is 0 Å². The molecule has 2 aromatic carbocycles. The molecule has 0 heterocycles. The van der Waals surface area contributed by atoms with Crippen LogP contribution in [0, 0.1) is 0 Å². The second-order valence-corrected chi connectivity index (χ2v) is 6.70. The maximum absolute atomic E-state index is 12.5. The van der Waals surface area contributed by atoms with Crippen molar-refractivity contribution in [2.45, 2.75) is 32.6 Å². The molecule has 0 saturated heterocycles. The smallest absolute Gasteiger partial charge is 0.228 e. The number of carbonyl (C=O) groups is 1. The summed E-state index contributed by atoms with van der Waals surface area (Å²) in [6.45, 7) is 6.38. The predicted molar refractivity (Wildman–Crippen MR) is 97.0 cm³/mol. The van der Waals surface area contributed by atoms with Crippen molar-refractivity contribution < 1.29 is 14.3 Å². The maximum Gasteiger partial charge on any atom is 0.228 e. The van der Waals surface area contributed by atoms with Crippen molar-refractivity contribution >= 4 is 11.6 Å². The number of carbonyl (C=O) groups excluding carboxylic acids is 1. The number of benzene rings is 2. The minimum atomic E-state index is -0.0850. The Labute approximate surface area is 143 Å². The molecule has 0 aromatic heterocycles. The lowest BCUT2D eigenvalue weighted by Crippen LogP contribution is -2.20. The van der Waals surface area contributed by atoms with Gasteiger partial charge in [-0.25, -0.2) is 0 Å². The summed E-state index contributed by atoms with van der Waals surface area (Å²) in [6.07, 6.45) is 0.221. The quantitative estimate of drug-likeness (QED) is 0.896. The molecule has 0 fully saturated rings. The van der Waals surface area contributed by atoms with Crippen LogP contribution in [0.15, 0.2) is 42.5 Å². The number of ether oxygens (including phenoxy) is 2. The summed E-state index contributed by atoms with van der Waals surface area (Å²) in [4.78, 5) is 12.5. The largest absolute Gasteiger partial charge is 0.497 e. The Bertz CT molecular complexity index is 717. The number of para-hydroxylation sites is 1. The van der Waals surface area contributed by atoms with Crippen LogP contribution in [0.2, 0.25) is 0 Å². The Hall–Kier alpha value is -2.49. The summed E-state index contributed by atoms with van der Waals surface area (Å²) in [6, 6.07) is 13.3. The van der Waals surface area contributed by atoms with Gasteiger partial charge in [-0.15, -0.1) is 0 Å². The van der Waals surface area contributed by atoms with Crippen molar-refractivity contribution in [2.75, 3.05) is 19.5 Å². The molecule has 0 radical (unpaired) electrons. The maximum atomic E-state index is 12.5. The molecule has 0 atom stereocenters. The third kappa shape index (κ3) is 4.28. The first-order valence-electron chi connectivity index (χ1n) is 7.95. The molecule has 0 aliphatic carbocycles. The van der Waals surface area contributed by atoms with Gasteiger partial charge in [0.2, 0.25) is 5.91 Å². The van der Waals surface area contributed by atoms with E-state index in [1.54, 1.807) is 14.2 Å². The summed E-state index contributed by atoms with van der Waals surface area (Å²) in [5.41, 5.74) is 2.70. The Morgan fingerprint density at radius 3 is 2.38 bits per heavy atom. The van der Waals surface area contributed by atoms with Crippen LogP contribution < -0.4 is 14.8 Å². The summed E-state index contributed by atoms with van der Waals surface area (Å²) < 4.78 is 10.6. The highest BCUT2D eigenvalue weighted by atomic mass is 16.5. The van der Waals surface area contributed by atoms with Gasteiger partial charge in [0.1, 0.15) is 11.5 Å². The van der Waals surface area contributed by atoms with Gasteiger partial charge in [-0.3, -0.25) is 4.79 Å². The van der Waals surface area contributed by atoms with E-state index in [-0.39, 0.29) is 17.7 Å². The molecule has 0 spiro atoms. The standard InChI is InChI=1S/C20H25NO3/c1-20(2,3)16-8-6-7-9-17(16)21-19(22)13-14-12-15(23-4)10-11-18(14)24-5/h6-12H,13H2,1-5H3,(H,21,22). The van der Waals surface area contributed by atoms with Crippen LogP contribution in [-0.4, -0.2) is 20.1 Å². The molecule has 4 nitrogen and oxygen atoms in total. The van der Waals surface area contributed by atoms with Gasteiger partial charge in [0.05, 0.1) is 20.6 Å². The average molecular weight is 327 g/mol. The molecule has 0 aliphatic rings. The molecule has 0 aliphatic heterocycles. The van der Waals surface area contributed by atoms with Gasteiger partial charge in [-0.05, 0) is 35.2 Å². The van der Waals surface area contributed by atoms with Gasteiger partial charge in [-0.2, -0.15) is 0 Å². The molecule has 0 unspecified atom stereocenters. The fraction of sp³-hybridized carbons (Fsp3) is 0.350. The van der Waals surface area contributed by atoms with Crippen LogP contribution in [0.4, 0.5) is 5.69 Å². The van der Waals surface area contributed by atoms with Crippen molar-refractivity contribution in [1.29, 1.82) is 0 Å². The zero-order chi connectivity index (χ0) is 17.7. The van der Waals surface area contributed by atoms with Crippen LogP contribution in [0.1, 0.15) is 31.9 Å². The van der Waals surface area contributed by atoms with E-state index < -0.39 is 0 Å². The first kappa shape index (κ1) is 17.9. The van der Waals surface area contributed by atoms with Gasteiger partial charge in [-0.1, -0.05) is 39.0 Å². The van der Waals surface area contributed by atoms with Crippen LogP contribution in [0.5, 0.6) is 11.5 Å². The van der Waals surface area contributed by atoms with E-state index in [0.29, 0.717) is 11.5 Å². The van der Waals surface area contributed by atoms with Crippen molar-refractivity contribution in [3.05, 3.63) is 53.6 Å². The van der Waals surface area contributed by atoms with Crippen molar-refractivity contribution in [2.24, 2.45) is 0 Å². The van der Waals surface area contributed by atoms with E-state index in [4.69, 9.17) is 9.47 Å². The Morgan fingerprint density at radius 1 is 1.04 bits per heavy atom.